The molecule has 170 valence electrons. The van der Waals surface area contributed by atoms with Gasteiger partial charge in [-0.2, -0.15) is 5.10 Å². The third-order valence-electron chi connectivity index (χ3n) is 5.79. The first-order valence-corrected chi connectivity index (χ1v) is 12.4. The number of H-pyrrole nitrogens is 1. The zero-order valence-electron chi connectivity index (χ0n) is 18.1. The number of fused-ring (bicyclic) bond motifs is 1. The summed E-state index contributed by atoms with van der Waals surface area (Å²) in [6, 6.07) is 9.51. The van der Waals surface area contributed by atoms with E-state index >= 15 is 4.39 Å². The fraction of sp³-hybridized carbons (Fsp3) is 0.261. The number of hydrogen-bond acceptors (Lipinski definition) is 7. The van der Waals surface area contributed by atoms with Crippen LogP contribution < -0.4 is 4.90 Å². The molecule has 33 heavy (non-hydrogen) atoms. The molecule has 8 nitrogen and oxygen atoms in total. The molecule has 1 atom stereocenters. The second-order valence-corrected chi connectivity index (χ2v) is 10.1. The Bertz CT molecular complexity index is 1440. The van der Waals surface area contributed by atoms with E-state index in [1.165, 1.54) is 12.1 Å². The average molecular weight is 468 g/mol. The number of benzene rings is 1. The summed E-state index contributed by atoms with van der Waals surface area (Å²) < 4.78 is 44.6. The Morgan fingerprint density at radius 3 is 2.70 bits per heavy atom. The first kappa shape index (κ1) is 21.5. The Morgan fingerprint density at radius 2 is 2.00 bits per heavy atom. The summed E-state index contributed by atoms with van der Waals surface area (Å²) in [5, 5.41) is 7.64. The lowest BCUT2D eigenvalue weighted by Gasteiger charge is -2.34. The van der Waals surface area contributed by atoms with Crippen LogP contribution in [-0.4, -0.2) is 60.6 Å². The monoisotopic (exact) mass is 467 g/mol. The van der Waals surface area contributed by atoms with Crippen molar-refractivity contribution >= 4 is 26.6 Å². The number of halogens is 1. The highest BCUT2D eigenvalue weighted by molar-refractivity contribution is 7.90. The molecule has 0 saturated carbocycles. The highest BCUT2D eigenvalue weighted by Gasteiger charge is 2.24. The Kier molecular flexibility index (Phi) is 5.34. The summed E-state index contributed by atoms with van der Waals surface area (Å²) in [6.07, 6.45) is 4.33. The van der Waals surface area contributed by atoms with E-state index in [-0.39, 0.29) is 10.9 Å². The van der Waals surface area contributed by atoms with Gasteiger partial charge in [0, 0.05) is 36.1 Å². The Balaban J connectivity index is 1.78. The van der Waals surface area contributed by atoms with Crippen molar-refractivity contribution < 1.29 is 17.5 Å². The van der Waals surface area contributed by atoms with Gasteiger partial charge in [0.1, 0.15) is 22.8 Å². The van der Waals surface area contributed by atoms with Crippen LogP contribution in [0.1, 0.15) is 6.92 Å². The Hall–Kier alpha value is -3.37. The number of pyridine rings is 2. The summed E-state index contributed by atoms with van der Waals surface area (Å²) in [4.78, 5) is 11.5. The first-order chi connectivity index (χ1) is 15.8. The van der Waals surface area contributed by atoms with Crippen LogP contribution in [0.4, 0.5) is 10.2 Å². The van der Waals surface area contributed by atoms with E-state index < -0.39 is 15.7 Å². The second-order valence-electron chi connectivity index (χ2n) is 8.09. The maximum atomic E-state index is 15.3. The van der Waals surface area contributed by atoms with Crippen molar-refractivity contribution in [2.24, 2.45) is 0 Å². The number of nitrogens with zero attached hydrogens (tertiary/aromatic N) is 4. The fourth-order valence-corrected chi connectivity index (χ4v) is 4.74. The largest absolute Gasteiger partial charge is 0.377 e. The molecule has 0 spiro atoms. The van der Waals surface area contributed by atoms with Gasteiger partial charge in [0.05, 0.1) is 29.8 Å². The molecule has 0 aliphatic carbocycles. The minimum absolute atomic E-state index is 0.0658. The van der Waals surface area contributed by atoms with Gasteiger partial charge in [-0.15, -0.1) is 0 Å². The van der Waals surface area contributed by atoms with Gasteiger partial charge in [-0.1, -0.05) is 6.07 Å². The number of hydrogen-bond donors (Lipinski definition) is 1. The number of aromatic amines is 1. The molecular formula is C23H22FN5O3S. The Morgan fingerprint density at radius 1 is 1.15 bits per heavy atom. The van der Waals surface area contributed by atoms with Crippen molar-refractivity contribution in [3.63, 3.8) is 0 Å². The number of sulfone groups is 1. The van der Waals surface area contributed by atoms with Crippen molar-refractivity contribution in [1.82, 2.24) is 20.2 Å². The third-order valence-corrected chi connectivity index (χ3v) is 6.90. The van der Waals surface area contributed by atoms with Gasteiger partial charge < -0.3 is 9.64 Å². The van der Waals surface area contributed by atoms with Crippen molar-refractivity contribution in [1.29, 1.82) is 0 Å². The molecule has 1 saturated heterocycles. The molecule has 0 bridgehead atoms. The van der Waals surface area contributed by atoms with Crippen LogP contribution >= 0.6 is 0 Å². The van der Waals surface area contributed by atoms with Gasteiger partial charge in [0.2, 0.25) is 0 Å². The normalized spacial score (nSPS) is 16.9. The van der Waals surface area contributed by atoms with Gasteiger partial charge in [-0.05, 0) is 42.8 Å². The molecule has 1 fully saturated rings. The maximum Gasteiger partial charge on any atom is 0.175 e. The van der Waals surface area contributed by atoms with Gasteiger partial charge in [-0.25, -0.2) is 17.8 Å². The average Bonchev–Trinajstić information content (AvgIpc) is 3.32. The molecular weight excluding hydrogens is 445 g/mol. The second kappa shape index (κ2) is 8.20. The topological polar surface area (TPSA) is 101 Å². The first-order valence-electron chi connectivity index (χ1n) is 10.5. The fourth-order valence-electron chi connectivity index (χ4n) is 4.11. The van der Waals surface area contributed by atoms with E-state index in [1.807, 2.05) is 13.0 Å². The van der Waals surface area contributed by atoms with Crippen molar-refractivity contribution in [3.8, 4) is 22.5 Å². The summed E-state index contributed by atoms with van der Waals surface area (Å²) in [5.41, 5.74) is 2.79. The molecule has 1 N–H and O–H groups in total. The van der Waals surface area contributed by atoms with E-state index in [2.05, 4.69) is 20.1 Å². The highest BCUT2D eigenvalue weighted by Crippen LogP contribution is 2.37. The zero-order chi connectivity index (χ0) is 23.2. The van der Waals surface area contributed by atoms with E-state index in [1.54, 1.807) is 24.5 Å². The van der Waals surface area contributed by atoms with Crippen LogP contribution in [0.2, 0.25) is 0 Å². The van der Waals surface area contributed by atoms with E-state index in [4.69, 9.17) is 9.72 Å². The van der Waals surface area contributed by atoms with Gasteiger partial charge in [-0.3, -0.25) is 10.1 Å². The summed E-state index contributed by atoms with van der Waals surface area (Å²) in [6.45, 7) is 3.82. The number of nitrogens with one attached hydrogen (secondary N) is 1. The standard InChI is InChI=1S/C23H22FN5O3S/c1-14-13-32-10-9-29(14)21-12-18(16-4-3-15(11-19(16)24)33(2,30)31)17-5-7-25-23(22(17)27-21)20-6-8-26-28-20/h3-8,11-12,14H,9-10,13H2,1-2H3,(H,26,28)/t14-/m1/s1. The van der Waals surface area contributed by atoms with Crippen LogP contribution in [0.3, 0.4) is 0 Å². The van der Waals surface area contributed by atoms with Gasteiger partial charge in [0.15, 0.2) is 9.84 Å². The lowest BCUT2D eigenvalue weighted by molar-refractivity contribution is 0.0986. The van der Waals surface area contributed by atoms with Gasteiger partial charge in [0.25, 0.3) is 0 Å². The quantitative estimate of drug-likeness (QED) is 0.491. The van der Waals surface area contributed by atoms with Crippen molar-refractivity contribution in [2.45, 2.75) is 17.9 Å². The molecule has 1 aliphatic heterocycles. The summed E-state index contributed by atoms with van der Waals surface area (Å²) >= 11 is 0. The summed E-state index contributed by atoms with van der Waals surface area (Å²) in [7, 11) is -3.53. The lowest BCUT2D eigenvalue weighted by atomic mass is 9.99. The van der Waals surface area contributed by atoms with E-state index in [0.29, 0.717) is 59.0 Å². The molecule has 1 aliphatic rings. The van der Waals surface area contributed by atoms with Crippen molar-refractivity contribution in [3.05, 3.63) is 54.6 Å². The zero-order valence-corrected chi connectivity index (χ0v) is 18.9. The SMILES string of the molecule is C[C@@H]1COCCN1c1cc(-c2ccc(S(C)(=O)=O)cc2F)c2ccnc(-c3ccn[nH]3)c2n1. The molecule has 4 aromatic rings. The van der Waals surface area contributed by atoms with Crippen LogP contribution in [0.25, 0.3) is 33.4 Å². The lowest BCUT2D eigenvalue weighted by Crippen LogP contribution is -2.44. The summed E-state index contributed by atoms with van der Waals surface area (Å²) in [5.74, 6) is 0.0555. The van der Waals surface area contributed by atoms with E-state index in [0.717, 1.165) is 12.3 Å². The number of anilines is 1. The Labute approximate surface area is 190 Å². The van der Waals surface area contributed by atoms with Crippen LogP contribution in [-0.2, 0) is 14.6 Å². The number of ether oxygens (including phenoxy) is 1. The number of rotatable bonds is 4. The predicted octanol–water partition coefficient (Wildman–Crippen LogP) is 3.45. The molecule has 1 aromatic carbocycles. The van der Waals surface area contributed by atoms with Crippen LogP contribution in [0, 0.1) is 5.82 Å². The van der Waals surface area contributed by atoms with E-state index in [9.17, 15) is 8.42 Å². The number of morpholine rings is 1. The molecule has 3 aromatic heterocycles. The minimum atomic E-state index is -3.53. The highest BCUT2D eigenvalue weighted by atomic mass is 32.2. The smallest absolute Gasteiger partial charge is 0.175 e. The molecule has 5 rings (SSSR count). The minimum Gasteiger partial charge on any atom is -0.377 e. The number of aromatic nitrogens is 4. The van der Waals surface area contributed by atoms with Crippen molar-refractivity contribution in [2.75, 3.05) is 30.9 Å². The maximum absolute atomic E-state index is 15.3. The third kappa shape index (κ3) is 3.96. The van der Waals surface area contributed by atoms with Crippen LogP contribution in [0.5, 0.6) is 0 Å². The van der Waals surface area contributed by atoms with Gasteiger partial charge >= 0.3 is 0 Å². The van der Waals surface area contributed by atoms with Crippen LogP contribution in [0.15, 0.2) is 53.7 Å². The molecule has 0 unspecified atom stereocenters. The predicted molar refractivity (Wildman–Crippen MR) is 123 cm³/mol. The molecule has 0 amide bonds. The molecule has 4 heterocycles. The molecule has 0 radical (unpaired) electrons. The molecule has 10 heteroatoms.